The fourth-order valence-electron chi connectivity index (χ4n) is 4.16. The van der Waals surface area contributed by atoms with Crippen LogP contribution in [0.15, 0.2) is 55.0 Å². The van der Waals surface area contributed by atoms with Crippen molar-refractivity contribution in [1.82, 2.24) is 19.7 Å². The number of likely N-dealkylation sites (N-methyl/N-ethyl adjacent to an activating group) is 1. The van der Waals surface area contributed by atoms with Gasteiger partial charge in [0.25, 0.3) is 0 Å². The summed E-state index contributed by atoms with van der Waals surface area (Å²) >= 11 is 0. The number of nitrogens with one attached hydrogen (secondary N) is 1. The van der Waals surface area contributed by atoms with Crippen molar-refractivity contribution in [3.8, 4) is 0 Å². The van der Waals surface area contributed by atoms with Gasteiger partial charge in [0.05, 0.1) is 18.9 Å². The molecule has 31 heavy (non-hydrogen) atoms. The number of carbonyl (C=O) groups excluding carboxylic acids is 1. The minimum absolute atomic E-state index is 0.0950. The Balaban J connectivity index is 1.23. The van der Waals surface area contributed by atoms with Crippen LogP contribution < -0.4 is 15.1 Å². The molecule has 1 amide bonds. The van der Waals surface area contributed by atoms with E-state index in [1.165, 1.54) is 5.56 Å². The molecule has 1 N–H and O–H groups in total. The molecular formula is C23H25N7O. The van der Waals surface area contributed by atoms with Crippen LogP contribution in [0.5, 0.6) is 0 Å². The summed E-state index contributed by atoms with van der Waals surface area (Å²) in [6.45, 7) is 2.15. The molecule has 158 valence electrons. The number of hydrogen-bond donors (Lipinski definition) is 1. The standard InChI is InChI=1S/C23H25N7O/c1-28-20-15-25-23(27-21(20)30-12-6-10-19(30)22(28)31)24-13-18-14-26-29(16-18)11-5-9-17-7-3-2-4-8-17/h2-5,7-9,14-16,19H,6,10-13H2,1H3,(H,24,25,27)/b9-5+/t19-/m0/s1. The molecule has 0 saturated carbocycles. The second-order valence-electron chi connectivity index (χ2n) is 7.89. The van der Waals surface area contributed by atoms with E-state index in [1.807, 2.05) is 35.3 Å². The van der Waals surface area contributed by atoms with Gasteiger partial charge in [-0.3, -0.25) is 9.48 Å². The first-order chi connectivity index (χ1) is 15.2. The fraction of sp³-hybridized carbons (Fsp3) is 0.304. The monoisotopic (exact) mass is 415 g/mol. The number of allylic oxidation sites excluding steroid dienone is 1. The summed E-state index contributed by atoms with van der Waals surface area (Å²) in [6.07, 6.45) is 11.7. The Kier molecular flexibility index (Phi) is 5.11. The molecule has 2 aliphatic heterocycles. The summed E-state index contributed by atoms with van der Waals surface area (Å²) in [5, 5.41) is 7.71. The van der Waals surface area contributed by atoms with Crippen molar-refractivity contribution in [2.24, 2.45) is 0 Å². The number of aromatic nitrogens is 4. The third kappa shape index (κ3) is 3.88. The molecule has 1 saturated heterocycles. The van der Waals surface area contributed by atoms with E-state index in [4.69, 9.17) is 4.98 Å². The highest BCUT2D eigenvalue weighted by molar-refractivity contribution is 6.04. The first kappa shape index (κ1) is 19.3. The zero-order chi connectivity index (χ0) is 21.2. The van der Waals surface area contributed by atoms with Crippen LogP contribution in [0.25, 0.3) is 6.08 Å². The van der Waals surface area contributed by atoms with Gasteiger partial charge in [0.2, 0.25) is 11.9 Å². The minimum atomic E-state index is -0.0950. The normalized spacial score (nSPS) is 17.8. The highest BCUT2D eigenvalue weighted by Crippen LogP contribution is 2.37. The number of carbonyl (C=O) groups is 1. The molecule has 3 aromatic rings. The lowest BCUT2D eigenvalue weighted by Crippen LogP contribution is -2.49. The second-order valence-corrected chi connectivity index (χ2v) is 7.89. The van der Waals surface area contributed by atoms with Crippen LogP contribution in [0.3, 0.4) is 0 Å². The molecule has 5 rings (SSSR count). The van der Waals surface area contributed by atoms with Crippen molar-refractivity contribution in [2.45, 2.75) is 32.0 Å². The summed E-state index contributed by atoms with van der Waals surface area (Å²) in [4.78, 5) is 25.4. The van der Waals surface area contributed by atoms with Gasteiger partial charge < -0.3 is 15.1 Å². The number of benzene rings is 1. The Labute approximate surface area is 181 Å². The molecule has 0 bridgehead atoms. The maximum atomic E-state index is 12.5. The molecule has 8 heteroatoms. The lowest BCUT2D eigenvalue weighted by molar-refractivity contribution is -0.119. The van der Waals surface area contributed by atoms with Gasteiger partial charge in [-0.1, -0.05) is 42.5 Å². The Morgan fingerprint density at radius 3 is 2.97 bits per heavy atom. The minimum Gasteiger partial charge on any atom is -0.350 e. The number of nitrogens with zero attached hydrogens (tertiary/aromatic N) is 6. The van der Waals surface area contributed by atoms with Crippen LogP contribution >= 0.6 is 0 Å². The molecule has 2 aromatic heterocycles. The van der Waals surface area contributed by atoms with Gasteiger partial charge in [-0.05, 0) is 18.4 Å². The Morgan fingerprint density at radius 2 is 2.10 bits per heavy atom. The first-order valence-corrected chi connectivity index (χ1v) is 10.6. The van der Waals surface area contributed by atoms with Crippen LogP contribution in [-0.2, 0) is 17.9 Å². The molecule has 1 atom stereocenters. The number of fused-ring (bicyclic) bond motifs is 3. The SMILES string of the molecule is CN1C(=O)[C@@H]2CCCN2c2nc(NCc3cnn(C/C=C/c4ccccc4)c3)ncc21. The van der Waals surface area contributed by atoms with Crippen molar-refractivity contribution >= 4 is 29.4 Å². The fourth-order valence-corrected chi connectivity index (χ4v) is 4.16. The van der Waals surface area contributed by atoms with Crippen molar-refractivity contribution in [3.63, 3.8) is 0 Å². The van der Waals surface area contributed by atoms with Gasteiger partial charge in [-0.2, -0.15) is 10.1 Å². The average Bonchev–Trinajstić information content (AvgIpc) is 3.47. The van der Waals surface area contributed by atoms with Crippen LogP contribution in [-0.4, -0.2) is 45.3 Å². The second kappa shape index (κ2) is 8.22. The molecule has 0 aliphatic carbocycles. The van der Waals surface area contributed by atoms with Gasteiger partial charge in [-0.15, -0.1) is 0 Å². The molecule has 1 aromatic carbocycles. The molecule has 0 spiro atoms. The van der Waals surface area contributed by atoms with Gasteiger partial charge >= 0.3 is 0 Å². The van der Waals surface area contributed by atoms with Crippen molar-refractivity contribution in [1.29, 1.82) is 0 Å². The topological polar surface area (TPSA) is 79.2 Å². The Hall–Kier alpha value is -3.68. The van der Waals surface area contributed by atoms with Gasteiger partial charge in [0.15, 0.2) is 5.82 Å². The molecule has 2 aliphatic rings. The summed E-state index contributed by atoms with van der Waals surface area (Å²) < 4.78 is 1.90. The van der Waals surface area contributed by atoms with E-state index >= 15 is 0 Å². The lowest BCUT2D eigenvalue weighted by atomic mass is 10.1. The molecule has 0 unspecified atom stereocenters. The predicted molar refractivity (Wildman–Crippen MR) is 121 cm³/mol. The maximum absolute atomic E-state index is 12.5. The number of rotatable bonds is 6. The first-order valence-electron chi connectivity index (χ1n) is 10.6. The van der Waals surface area contributed by atoms with Crippen LogP contribution in [0.1, 0.15) is 24.0 Å². The van der Waals surface area contributed by atoms with E-state index < -0.39 is 0 Å². The van der Waals surface area contributed by atoms with E-state index in [9.17, 15) is 4.79 Å². The highest BCUT2D eigenvalue weighted by Gasteiger charge is 2.40. The molecular weight excluding hydrogens is 390 g/mol. The molecule has 0 radical (unpaired) electrons. The quantitative estimate of drug-likeness (QED) is 0.667. The zero-order valence-electron chi connectivity index (χ0n) is 17.5. The zero-order valence-corrected chi connectivity index (χ0v) is 17.5. The Bertz CT molecular complexity index is 1110. The number of anilines is 3. The van der Waals surface area contributed by atoms with Crippen LogP contribution in [0, 0.1) is 0 Å². The molecule has 4 heterocycles. The summed E-state index contributed by atoms with van der Waals surface area (Å²) in [5.74, 6) is 1.52. The lowest BCUT2D eigenvalue weighted by Gasteiger charge is -2.36. The van der Waals surface area contributed by atoms with E-state index in [2.05, 4.69) is 44.6 Å². The molecule has 1 fully saturated rings. The third-order valence-electron chi connectivity index (χ3n) is 5.79. The maximum Gasteiger partial charge on any atom is 0.249 e. The van der Waals surface area contributed by atoms with Crippen molar-refractivity contribution in [3.05, 3.63) is 66.1 Å². The van der Waals surface area contributed by atoms with Crippen LogP contribution in [0.4, 0.5) is 17.5 Å². The van der Waals surface area contributed by atoms with E-state index in [0.717, 1.165) is 36.5 Å². The molecule has 8 nitrogen and oxygen atoms in total. The van der Waals surface area contributed by atoms with E-state index in [-0.39, 0.29) is 11.9 Å². The van der Waals surface area contributed by atoms with Gasteiger partial charge in [0, 0.05) is 31.9 Å². The summed E-state index contributed by atoms with van der Waals surface area (Å²) in [5.41, 5.74) is 3.00. The number of hydrogen-bond acceptors (Lipinski definition) is 6. The summed E-state index contributed by atoms with van der Waals surface area (Å²) in [6, 6.07) is 10.1. The largest absolute Gasteiger partial charge is 0.350 e. The highest BCUT2D eigenvalue weighted by atomic mass is 16.2. The smallest absolute Gasteiger partial charge is 0.249 e. The van der Waals surface area contributed by atoms with E-state index in [1.54, 1.807) is 18.1 Å². The third-order valence-corrected chi connectivity index (χ3v) is 5.79. The van der Waals surface area contributed by atoms with Crippen molar-refractivity contribution in [2.75, 3.05) is 28.7 Å². The van der Waals surface area contributed by atoms with E-state index in [0.29, 0.717) is 19.0 Å². The Morgan fingerprint density at radius 1 is 1.23 bits per heavy atom. The van der Waals surface area contributed by atoms with Gasteiger partial charge in [-0.25, -0.2) is 4.98 Å². The predicted octanol–water partition coefficient (Wildman–Crippen LogP) is 2.94. The number of amides is 1. The van der Waals surface area contributed by atoms with Crippen LogP contribution in [0.2, 0.25) is 0 Å². The van der Waals surface area contributed by atoms with Gasteiger partial charge in [0.1, 0.15) is 11.7 Å². The average molecular weight is 416 g/mol. The summed E-state index contributed by atoms with van der Waals surface area (Å²) in [7, 11) is 1.80. The van der Waals surface area contributed by atoms with Crippen molar-refractivity contribution < 1.29 is 4.79 Å².